The first kappa shape index (κ1) is 18.6. The van der Waals surface area contributed by atoms with Gasteiger partial charge in [0.2, 0.25) is 0 Å². The molecule has 2 atom stereocenters. The maximum atomic E-state index is 12.5. The molecule has 2 aromatic rings. The summed E-state index contributed by atoms with van der Waals surface area (Å²) in [6.07, 6.45) is 3.06. The second-order valence-electron chi connectivity index (χ2n) is 7.16. The smallest absolute Gasteiger partial charge is 0.276 e. The second kappa shape index (κ2) is 8.03. The van der Waals surface area contributed by atoms with Crippen LogP contribution in [0.4, 0.5) is 0 Å². The minimum absolute atomic E-state index is 0.0762. The van der Waals surface area contributed by atoms with Gasteiger partial charge in [0.1, 0.15) is 11.6 Å². The molecule has 0 bridgehead atoms. The van der Waals surface area contributed by atoms with Crippen LogP contribution in [0, 0.1) is 17.2 Å². The summed E-state index contributed by atoms with van der Waals surface area (Å²) in [7, 11) is 0. The van der Waals surface area contributed by atoms with Gasteiger partial charge >= 0.3 is 0 Å². The Bertz CT molecular complexity index is 775. The summed E-state index contributed by atoms with van der Waals surface area (Å²) in [5.41, 5.74) is 1.78. The number of thiophene rings is 1. The molecule has 0 spiro atoms. The number of rotatable bonds is 8. The fourth-order valence-electron chi connectivity index (χ4n) is 3.29. The van der Waals surface area contributed by atoms with E-state index in [1.807, 2.05) is 13.0 Å². The molecular formula is C21H26N3OS+. The third-order valence-corrected chi connectivity index (χ3v) is 6.12. The van der Waals surface area contributed by atoms with Gasteiger partial charge < -0.3 is 10.6 Å². The van der Waals surface area contributed by atoms with Gasteiger partial charge in [-0.15, -0.1) is 11.3 Å². The van der Waals surface area contributed by atoms with E-state index < -0.39 is 5.54 Å². The lowest BCUT2D eigenvalue weighted by Gasteiger charge is -2.23. The zero-order valence-electron chi connectivity index (χ0n) is 15.4. The van der Waals surface area contributed by atoms with Gasteiger partial charge in [0.25, 0.3) is 5.91 Å². The highest BCUT2D eigenvalue weighted by molar-refractivity contribution is 7.10. The molecule has 1 saturated carbocycles. The maximum Gasteiger partial charge on any atom is 0.276 e. The lowest BCUT2D eigenvalue weighted by atomic mass is 9.98. The number of hydrogen-bond donors (Lipinski definition) is 2. The minimum atomic E-state index is -0.730. The van der Waals surface area contributed by atoms with E-state index in [9.17, 15) is 10.1 Å². The van der Waals surface area contributed by atoms with Crippen LogP contribution in [-0.2, 0) is 11.2 Å². The molecule has 1 aliphatic rings. The zero-order valence-corrected chi connectivity index (χ0v) is 16.2. The number of carbonyl (C=O) groups excluding carboxylic acids is 1. The number of benzene rings is 1. The van der Waals surface area contributed by atoms with E-state index in [-0.39, 0.29) is 11.9 Å². The van der Waals surface area contributed by atoms with Crippen molar-refractivity contribution >= 4 is 17.2 Å². The SMILES string of the molecule is CCc1ccc([C@@H]([NH2+]CC(=O)N[C@@](C)(C#N)C2CC2)c2cccs2)cc1. The van der Waals surface area contributed by atoms with E-state index in [2.05, 4.69) is 59.3 Å². The van der Waals surface area contributed by atoms with E-state index >= 15 is 0 Å². The van der Waals surface area contributed by atoms with Crippen LogP contribution < -0.4 is 10.6 Å². The first-order chi connectivity index (χ1) is 12.6. The van der Waals surface area contributed by atoms with Crippen LogP contribution in [0.2, 0.25) is 0 Å². The summed E-state index contributed by atoms with van der Waals surface area (Å²) < 4.78 is 0. The Morgan fingerprint density at radius 3 is 2.65 bits per heavy atom. The van der Waals surface area contributed by atoms with Crippen molar-refractivity contribution in [3.8, 4) is 6.07 Å². The molecule has 3 N–H and O–H groups in total. The summed E-state index contributed by atoms with van der Waals surface area (Å²) in [5.74, 6) is 0.221. The van der Waals surface area contributed by atoms with Crippen molar-refractivity contribution in [1.29, 1.82) is 5.26 Å². The van der Waals surface area contributed by atoms with Crippen LogP contribution in [0.25, 0.3) is 0 Å². The van der Waals surface area contributed by atoms with E-state index in [1.54, 1.807) is 11.3 Å². The molecule has 5 heteroatoms. The van der Waals surface area contributed by atoms with Crippen molar-refractivity contribution in [2.45, 2.75) is 44.7 Å². The molecular weight excluding hydrogens is 342 g/mol. The third-order valence-electron chi connectivity index (χ3n) is 5.16. The summed E-state index contributed by atoms with van der Waals surface area (Å²) in [6, 6.07) is 15.2. The normalized spacial score (nSPS) is 17.1. The molecule has 1 aromatic carbocycles. The molecule has 136 valence electrons. The third kappa shape index (κ3) is 4.32. The molecule has 1 fully saturated rings. The van der Waals surface area contributed by atoms with Crippen molar-refractivity contribution in [2.24, 2.45) is 5.92 Å². The highest BCUT2D eigenvalue weighted by Crippen LogP contribution is 2.39. The van der Waals surface area contributed by atoms with Crippen molar-refractivity contribution < 1.29 is 10.1 Å². The highest BCUT2D eigenvalue weighted by atomic mass is 32.1. The molecule has 3 rings (SSSR count). The van der Waals surface area contributed by atoms with E-state index in [0.717, 1.165) is 19.3 Å². The second-order valence-corrected chi connectivity index (χ2v) is 8.14. The Kier molecular flexibility index (Phi) is 5.75. The monoisotopic (exact) mass is 368 g/mol. The van der Waals surface area contributed by atoms with Crippen LogP contribution in [0.3, 0.4) is 0 Å². The Hall–Kier alpha value is -2.16. The van der Waals surface area contributed by atoms with Crippen LogP contribution in [0.1, 0.15) is 48.7 Å². The van der Waals surface area contributed by atoms with E-state index in [1.165, 1.54) is 16.0 Å². The number of nitrogens with two attached hydrogens (primary N) is 1. The molecule has 1 heterocycles. The summed E-state index contributed by atoms with van der Waals surface area (Å²) in [4.78, 5) is 13.7. The van der Waals surface area contributed by atoms with Crippen molar-refractivity contribution in [3.63, 3.8) is 0 Å². The maximum absolute atomic E-state index is 12.5. The topological polar surface area (TPSA) is 69.5 Å². The lowest BCUT2D eigenvalue weighted by molar-refractivity contribution is -0.676. The van der Waals surface area contributed by atoms with Crippen LogP contribution in [-0.4, -0.2) is 18.0 Å². The van der Waals surface area contributed by atoms with Crippen LogP contribution in [0.5, 0.6) is 0 Å². The van der Waals surface area contributed by atoms with Crippen molar-refractivity contribution in [3.05, 3.63) is 57.8 Å². The molecule has 26 heavy (non-hydrogen) atoms. The fourth-order valence-corrected chi connectivity index (χ4v) is 4.14. The predicted molar refractivity (Wildman–Crippen MR) is 104 cm³/mol. The van der Waals surface area contributed by atoms with Gasteiger partial charge in [-0.25, -0.2) is 0 Å². The van der Waals surface area contributed by atoms with Crippen molar-refractivity contribution in [2.75, 3.05) is 6.54 Å². The van der Waals surface area contributed by atoms with Gasteiger partial charge in [0.05, 0.1) is 10.9 Å². The summed E-state index contributed by atoms with van der Waals surface area (Å²) in [5, 5.41) is 16.5. The number of hydrogen-bond acceptors (Lipinski definition) is 3. The van der Waals surface area contributed by atoms with E-state index in [0.29, 0.717) is 12.5 Å². The molecule has 4 nitrogen and oxygen atoms in total. The Labute approximate surface area is 159 Å². The van der Waals surface area contributed by atoms with Gasteiger partial charge in [-0.3, -0.25) is 4.79 Å². The van der Waals surface area contributed by atoms with Gasteiger partial charge in [-0.1, -0.05) is 37.3 Å². The molecule has 1 amide bonds. The van der Waals surface area contributed by atoms with Crippen LogP contribution >= 0.6 is 11.3 Å². The van der Waals surface area contributed by atoms with E-state index in [4.69, 9.17) is 0 Å². The first-order valence-electron chi connectivity index (χ1n) is 9.23. The lowest BCUT2D eigenvalue weighted by Crippen LogP contribution is -2.88. The van der Waals surface area contributed by atoms with Crippen molar-refractivity contribution in [1.82, 2.24) is 5.32 Å². The Balaban J connectivity index is 1.68. The zero-order chi connectivity index (χ0) is 18.6. The van der Waals surface area contributed by atoms with Gasteiger partial charge in [-0.2, -0.15) is 5.26 Å². The minimum Gasteiger partial charge on any atom is -0.333 e. The number of nitrogens with one attached hydrogen (secondary N) is 1. The van der Waals surface area contributed by atoms with Gasteiger partial charge in [0.15, 0.2) is 6.54 Å². The van der Waals surface area contributed by atoms with Gasteiger partial charge in [0, 0.05) is 5.56 Å². The number of nitrogens with zero attached hydrogens (tertiary/aromatic N) is 1. The molecule has 0 radical (unpaired) electrons. The quantitative estimate of drug-likeness (QED) is 0.752. The number of carbonyl (C=O) groups is 1. The standard InChI is InChI=1S/C21H25N3OS/c1-3-15-6-8-16(9-7-15)20(18-5-4-12-26-18)23-13-19(25)24-21(2,14-22)17-10-11-17/h4-9,12,17,20,23H,3,10-11,13H2,1-2H3,(H,24,25)/p+1/t20-,21+/m1/s1. The highest BCUT2D eigenvalue weighted by Gasteiger charge is 2.43. The number of nitriles is 1. The fraction of sp³-hybridized carbons (Fsp3) is 0.429. The average molecular weight is 369 g/mol. The van der Waals surface area contributed by atoms with Crippen LogP contribution in [0.15, 0.2) is 41.8 Å². The summed E-state index contributed by atoms with van der Waals surface area (Å²) >= 11 is 1.70. The first-order valence-corrected chi connectivity index (χ1v) is 10.1. The number of quaternary nitrogens is 1. The number of amides is 1. The average Bonchev–Trinajstić information content (AvgIpc) is 3.39. The molecule has 0 saturated heterocycles. The Morgan fingerprint density at radius 1 is 1.38 bits per heavy atom. The summed E-state index contributed by atoms with van der Waals surface area (Å²) in [6.45, 7) is 4.29. The predicted octanol–water partition coefficient (Wildman–Crippen LogP) is 2.77. The molecule has 0 aliphatic heterocycles. The van der Waals surface area contributed by atoms with Gasteiger partial charge in [-0.05, 0) is 49.1 Å². The Morgan fingerprint density at radius 2 is 2.12 bits per heavy atom. The molecule has 1 aliphatic carbocycles. The molecule has 1 aromatic heterocycles. The molecule has 0 unspecified atom stereocenters. The largest absolute Gasteiger partial charge is 0.333 e. The number of aryl methyl sites for hydroxylation is 1.